The molecule has 2 rings (SSSR count). The zero-order valence-electron chi connectivity index (χ0n) is 17.0. The second kappa shape index (κ2) is 11.2. The Balaban J connectivity index is 2.02. The lowest BCUT2D eigenvalue weighted by molar-refractivity contribution is -0.137. The van der Waals surface area contributed by atoms with E-state index in [1.807, 2.05) is 6.92 Å². The van der Waals surface area contributed by atoms with Crippen molar-refractivity contribution in [2.75, 3.05) is 38.9 Å². The Bertz CT molecular complexity index is 884. The average Bonchev–Trinajstić information content (AvgIpc) is 2.73. The number of nitrogens with one attached hydrogen (secondary N) is 1. The molecule has 0 saturated carbocycles. The predicted molar refractivity (Wildman–Crippen MR) is 105 cm³/mol. The highest BCUT2D eigenvalue weighted by Crippen LogP contribution is 2.35. The van der Waals surface area contributed by atoms with E-state index < -0.39 is 30.2 Å². The van der Waals surface area contributed by atoms with Gasteiger partial charge in [-0.3, -0.25) is 4.79 Å². The van der Waals surface area contributed by atoms with Gasteiger partial charge in [-0.15, -0.1) is 0 Å². The monoisotopic (exact) mass is 441 g/mol. The van der Waals surface area contributed by atoms with E-state index in [0.717, 1.165) is 18.2 Å². The molecule has 31 heavy (non-hydrogen) atoms. The summed E-state index contributed by atoms with van der Waals surface area (Å²) in [5.74, 6) is -0.993. The Morgan fingerprint density at radius 1 is 1.00 bits per heavy atom. The first kappa shape index (κ1) is 24.0. The SMILES string of the molecule is CCOc1ccc(C(=O)OCC(=O)Nc2cc(C(F)(F)F)ccc2OCCOC)cc1. The molecule has 0 radical (unpaired) electrons. The summed E-state index contributed by atoms with van der Waals surface area (Å²) in [6.07, 6.45) is -4.61. The highest BCUT2D eigenvalue weighted by Gasteiger charge is 2.31. The Morgan fingerprint density at radius 2 is 1.71 bits per heavy atom. The van der Waals surface area contributed by atoms with Crippen LogP contribution in [0, 0.1) is 0 Å². The zero-order chi connectivity index (χ0) is 22.9. The van der Waals surface area contributed by atoms with E-state index in [9.17, 15) is 22.8 Å². The molecule has 1 N–H and O–H groups in total. The van der Waals surface area contributed by atoms with Crippen LogP contribution in [0.3, 0.4) is 0 Å². The van der Waals surface area contributed by atoms with Gasteiger partial charge in [-0.1, -0.05) is 0 Å². The van der Waals surface area contributed by atoms with Gasteiger partial charge in [0.05, 0.1) is 30.0 Å². The van der Waals surface area contributed by atoms with Crippen LogP contribution in [0.1, 0.15) is 22.8 Å². The lowest BCUT2D eigenvalue weighted by Crippen LogP contribution is -2.22. The highest BCUT2D eigenvalue weighted by atomic mass is 19.4. The van der Waals surface area contributed by atoms with Crippen LogP contribution in [0.15, 0.2) is 42.5 Å². The van der Waals surface area contributed by atoms with E-state index in [-0.39, 0.29) is 30.2 Å². The van der Waals surface area contributed by atoms with Crippen LogP contribution in [0.5, 0.6) is 11.5 Å². The standard InChI is InChI=1S/C21H22F3NO6/c1-3-29-16-7-4-14(5-8-16)20(27)31-13-19(26)25-17-12-15(21(22,23)24)6-9-18(17)30-11-10-28-2/h4-9,12H,3,10-11,13H2,1-2H3,(H,25,26). The number of rotatable bonds is 10. The maximum atomic E-state index is 13.0. The van der Waals surface area contributed by atoms with E-state index >= 15 is 0 Å². The third-order valence-corrected chi connectivity index (χ3v) is 3.86. The van der Waals surface area contributed by atoms with Crippen molar-refractivity contribution < 1.29 is 41.7 Å². The molecule has 10 heteroatoms. The number of carbonyl (C=O) groups excluding carboxylic acids is 2. The summed E-state index contributed by atoms with van der Waals surface area (Å²) in [7, 11) is 1.44. The van der Waals surface area contributed by atoms with Crippen molar-refractivity contribution in [3.8, 4) is 11.5 Å². The molecule has 0 saturated heterocycles. The quantitative estimate of drug-likeness (QED) is 0.445. The number of hydrogen-bond donors (Lipinski definition) is 1. The van der Waals surface area contributed by atoms with E-state index in [0.29, 0.717) is 12.4 Å². The molecule has 0 fully saturated rings. The summed E-state index contributed by atoms with van der Waals surface area (Å²) in [5, 5.41) is 2.28. The van der Waals surface area contributed by atoms with Crippen molar-refractivity contribution in [2.24, 2.45) is 0 Å². The topological polar surface area (TPSA) is 83.1 Å². The minimum atomic E-state index is -4.61. The fourth-order valence-electron chi connectivity index (χ4n) is 2.42. The van der Waals surface area contributed by atoms with Gasteiger partial charge >= 0.3 is 12.1 Å². The second-order valence-corrected chi connectivity index (χ2v) is 6.13. The molecule has 2 aromatic carbocycles. The summed E-state index contributed by atoms with van der Waals surface area (Å²) in [4.78, 5) is 24.2. The van der Waals surface area contributed by atoms with Gasteiger partial charge in [-0.05, 0) is 49.4 Å². The molecule has 0 bridgehead atoms. The minimum Gasteiger partial charge on any atom is -0.494 e. The molecular weight excluding hydrogens is 419 g/mol. The number of alkyl halides is 3. The molecule has 0 atom stereocenters. The Kier molecular flexibility index (Phi) is 8.68. The zero-order valence-corrected chi connectivity index (χ0v) is 17.0. The third kappa shape index (κ3) is 7.49. The number of ether oxygens (including phenoxy) is 4. The molecule has 0 aliphatic rings. The van der Waals surface area contributed by atoms with E-state index in [1.165, 1.54) is 19.2 Å². The predicted octanol–water partition coefficient (Wildman–Crippen LogP) is 3.92. The number of esters is 1. The van der Waals surface area contributed by atoms with E-state index in [2.05, 4.69) is 5.32 Å². The van der Waals surface area contributed by atoms with Crippen molar-refractivity contribution in [1.82, 2.24) is 0 Å². The number of amides is 1. The van der Waals surface area contributed by atoms with Crippen LogP contribution >= 0.6 is 0 Å². The van der Waals surface area contributed by atoms with Gasteiger partial charge in [-0.2, -0.15) is 13.2 Å². The van der Waals surface area contributed by atoms with Crippen molar-refractivity contribution in [3.63, 3.8) is 0 Å². The summed E-state index contributed by atoms with van der Waals surface area (Å²) in [6.45, 7) is 1.86. The van der Waals surface area contributed by atoms with Crippen LogP contribution in [0.2, 0.25) is 0 Å². The number of anilines is 1. The Morgan fingerprint density at radius 3 is 2.32 bits per heavy atom. The van der Waals surface area contributed by atoms with Crippen LogP contribution in [-0.2, 0) is 20.4 Å². The second-order valence-electron chi connectivity index (χ2n) is 6.13. The van der Waals surface area contributed by atoms with Crippen LogP contribution < -0.4 is 14.8 Å². The first-order valence-electron chi connectivity index (χ1n) is 9.27. The van der Waals surface area contributed by atoms with Gasteiger partial charge in [0.15, 0.2) is 6.61 Å². The first-order chi connectivity index (χ1) is 14.7. The van der Waals surface area contributed by atoms with Crippen molar-refractivity contribution in [2.45, 2.75) is 13.1 Å². The molecule has 0 aromatic heterocycles. The molecule has 168 valence electrons. The van der Waals surface area contributed by atoms with Crippen LogP contribution in [0.4, 0.5) is 18.9 Å². The lowest BCUT2D eigenvalue weighted by Gasteiger charge is -2.15. The van der Waals surface area contributed by atoms with Crippen LogP contribution in [-0.4, -0.2) is 45.4 Å². The Labute approximate surface area is 177 Å². The molecule has 0 unspecified atom stereocenters. The largest absolute Gasteiger partial charge is 0.494 e. The van der Waals surface area contributed by atoms with Gasteiger partial charge in [0.2, 0.25) is 0 Å². The van der Waals surface area contributed by atoms with E-state index in [1.54, 1.807) is 12.1 Å². The smallest absolute Gasteiger partial charge is 0.416 e. The van der Waals surface area contributed by atoms with Gasteiger partial charge in [0.25, 0.3) is 5.91 Å². The van der Waals surface area contributed by atoms with Gasteiger partial charge in [-0.25, -0.2) is 4.79 Å². The molecule has 0 spiro atoms. The summed E-state index contributed by atoms with van der Waals surface area (Å²) < 4.78 is 59.4. The summed E-state index contributed by atoms with van der Waals surface area (Å²) >= 11 is 0. The van der Waals surface area contributed by atoms with Gasteiger partial charge < -0.3 is 24.3 Å². The number of benzene rings is 2. The minimum absolute atomic E-state index is 0.0243. The van der Waals surface area contributed by atoms with Crippen molar-refractivity contribution >= 4 is 17.6 Å². The fraction of sp³-hybridized carbons (Fsp3) is 0.333. The van der Waals surface area contributed by atoms with Gasteiger partial charge in [0.1, 0.15) is 18.1 Å². The maximum Gasteiger partial charge on any atom is 0.416 e. The molecule has 0 heterocycles. The number of carbonyl (C=O) groups is 2. The third-order valence-electron chi connectivity index (χ3n) is 3.86. The van der Waals surface area contributed by atoms with Crippen molar-refractivity contribution in [1.29, 1.82) is 0 Å². The number of methoxy groups -OCH3 is 1. The fourth-order valence-corrected chi connectivity index (χ4v) is 2.42. The summed E-state index contributed by atoms with van der Waals surface area (Å²) in [6, 6.07) is 8.77. The molecule has 1 amide bonds. The first-order valence-corrected chi connectivity index (χ1v) is 9.27. The Hall–Kier alpha value is -3.27. The molecule has 7 nitrogen and oxygen atoms in total. The molecule has 0 aliphatic carbocycles. The van der Waals surface area contributed by atoms with Crippen LogP contribution in [0.25, 0.3) is 0 Å². The number of hydrogen-bond acceptors (Lipinski definition) is 6. The maximum absolute atomic E-state index is 13.0. The van der Waals surface area contributed by atoms with E-state index in [4.69, 9.17) is 18.9 Å². The lowest BCUT2D eigenvalue weighted by atomic mass is 10.1. The molecule has 2 aromatic rings. The summed E-state index contributed by atoms with van der Waals surface area (Å²) in [5.41, 5.74) is -0.972. The molecular formula is C21H22F3NO6. The number of halogens is 3. The van der Waals surface area contributed by atoms with Crippen molar-refractivity contribution in [3.05, 3.63) is 53.6 Å². The molecule has 0 aliphatic heterocycles. The normalized spacial score (nSPS) is 11.0. The highest BCUT2D eigenvalue weighted by molar-refractivity contribution is 5.96. The average molecular weight is 441 g/mol. The van der Waals surface area contributed by atoms with Gasteiger partial charge in [0, 0.05) is 7.11 Å².